The summed E-state index contributed by atoms with van der Waals surface area (Å²) in [5, 5.41) is 6.18. The molecule has 2 N–H and O–H groups in total. The van der Waals surface area contributed by atoms with Crippen LogP contribution in [-0.2, 0) is 9.59 Å². The summed E-state index contributed by atoms with van der Waals surface area (Å²) in [5.74, 6) is -0.251. The smallest absolute Gasteiger partial charge is 0.239 e. The Morgan fingerprint density at radius 1 is 1.05 bits per heavy atom. The van der Waals surface area contributed by atoms with Gasteiger partial charge < -0.3 is 15.5 Å². The van der Waals surface area contributed by atoms with E-state index in [1.165, 1.54) is 0 Å². The van der Waals surface area contributed by atoms with Crippen molar-refractivity contribution in [3.8, 4) is 0 Å². The maximum absolute atomic E-state index is 12.9. The number of amides is 2. The molecule has 5 heteroatoms. The van der Waals surface area contributed by atoms with Gasteiger partial charge in [0, 0.05) is 12.6 Å². The van der Waals surface area contributed by atoms with E-state index in [2.05, 4.69) is 10.6 Å². The number of carbonyl (C=O) groups is 2. The van der Waals surface area contributed by atoms with Crippen LogP contribution in [0.3, 0.4) is 0 Å². The summed E-state index contributed by atoms with van der Waals surface area (Å²) < 4.78 is 0. The van der Waals surface area contributed by atoms with E-state index in [-0.39, 0.29) is 30.3 Å². The molecule has 0 spiro atoms. The Hall–Kier alpha value is -1.88. The first-order valence-corrected chi connectivity index (χ1v) is 7.58. The van der Waals surface area contributed by atoms with Crippen LogP contribution < -0.4 is 10.6 Å². The average molecular weight is 287 g/mol. The Labute approximate surface area is 124 Å². The average Bonchev–Trinajstić information content (AvgIpc) is 2.68. The molecule has 21 heavy (non-hydrogen) atoms. The summed E-state index contributed by atoms with van der Waals surface area (Å²) >= 11 is 0. The third kappa shape index (κ3) is 3.08. The lowest BCUT2D eigenvalue weighted by Gasteiger charge is -2.34. The van der Waals surface area contributed by atoms with Crippen molar-refractivity contribution in [2.75, 3.05) is 26.2 Å². The van der Waals surface area contributed by atoms with Gasteiger partial charge in [-0.25, -0.2) is 0 Å². The minimum absolute atomic E-state index is 0.0553. The van der Waals surface area contributed by atoms with Crippen molar-refractivity contribution in [1.82, 2.24) is 15.5 Å². The zero-order chi connectivity index (χ0) is 14.7. The minimum atomic E-state index is -0.271. The molecule has 5 nitrogen and oxygen atoms in total. The van der Waals surface area contributed by atoms with Crippen molar-refractivity contribution in [3.05, 3.63) is 35.9 Å². The Balaban J connectivity index is 1.85. The molecule has 2 amide bonds. The quantitative estimate of drug-likeness (QED) is 0.832. The van der Waals surface area contributed by atoms with Crippen LogP contribution in [-0.4, -0.2) is 48.9 Å². The van der Waals surface area contributed by atoms with Gasteiger partial charge in [-0.05, 0) is 31.5 Å². The number of nitrogens with one attached hydrogen (secondary N) is 2. The number of hydrogen-bond acceptors (Lipinski definition) is 3. The first kappa shape index (κ1) is 14.1. The van der Waals surface area contributed by atoms with Gasteiger partial charge in [0.1, 0.15) is 0 Å². The highest BCUT2D eigenvalue weighted by atomic mass is 16.2. The predicted octanol–water partition coefficient (Wildman–Crippen LogP) is 0.481. The minimum Gasteiger partial charge on any atom is -0.353 e. The fourth-order valence-corrected chi connectivity index (χ4v) is 3.17. The van der Waals surface area contributed by atoms with E-state index in [0.717, 1.165) is 31.5 Å². The Kier molecular flexibility index (Phi) is 4.20. The molecule has 1 aromatic carbocycles. The van der Waals surface area contributed by atoms with E-state index in [1.54, 1.807) is 4.90 Å². The molecule has 1 atom stereocenters. The molecule has 0 aromatic heterocycles. The number of benzene rings is 1. The molecular formula is C16H21N3O2. The molecule has 2 aliphatic rings. The van der Waals surface area contributed by atoms with E-state index in [4.69, 9.17) is 0 Å². The highest BCUT2D eigenvalue weighted by Gasteiger charge is 2.35. The van der Waals surface area contributed by atoms with Crippen molar-refractivity contribution in [2.24, 2.45) is 0 Å². The maximum atomic E-state index is 12.9. The van der Waals surface area contributed by atoms with Crippen LogP contribution in [0.1, 0.15) is 24.3 Å². The molecule has 0 bridgehead atoms. The summed E-state index contributed by atoms with van der Waals surface area (Å²) in [6.07, 6.45) is 1.83. The third-order valence-corrected chi connectivity index (χ3v) is 4.35. The number of hydrogen-bond donors (Lipinski definition) is 2. The van der Waals surface area contributed by atoms with Gasteiger partial charge in [0.05, 0.1) is 12.5 Å². The van der Waals surface area contributed by atoms with Crippen LogP contribution in [0.5, 0.6) is 0 Å². The second kappa shape index (κ2) is 6.26. The van der Waals surface area contributed by atoms with Crippen LogP contribution in [0.25, 0.3) is 0 Å². The van der Waals surface area contributed by atoms with Crippen LogP contribution in [0.4, 0.5) is 0 Å². The number of piperidine rings is 1. The highest BCUT2D eigenvalue weighted by molar-refractivity contribution is 5.91. The van der Waals surface area contributed by atoms with E-state index >= 15 is 0 Å². The predicted molar refractivity (Wildman–Crippen MR) is 79.8 cm³/mol. The maximum Gasteiger partial charge on any atom is 0.239 e. The lowest BCUT2D eigenvalue weighted by atomic mass is 9.96. The van der Waals surface area contributed by atoms with Crippen molar-refractivity contribution in [1.29, 1.82) is 0 Å². The highest BCUT2D eigenvalue weighted by Crippen LogP contribution is 2.23. The first-order valence-electron chi connectivity index (χ1n) is 7.58. The summed E-state index contributed by atoms with van der Waals surface area (Å²) in [6, 6.07) is 9.90. The molecule has 1 aromatic rings. The van der Waals surface area contributed by atoms with Crippen LogP contribution in [0.2, 0.25) is 0 Å². The molecule has 0 radical (unpaired) electrons. The van der Waals surface area contributed by atoms with E-state index in [9.17, 15) is 9.59 Å². The van der Waals surface area contributed by atoms with Crippen LogP contribution in [0.15, 0.2) is 30.3 Å². The van der Waals surface area contributed by atoms with Gasteiger partial charge >= 0.3 is 0 Å². The molecular weight excluding hydrogens is 266 g/mol. The number of carbonyl (C=O) groups excluding carboxylic acids is 2. The van der Waals surface area contributed by atoms with Gasteiger partial charge in [0.25, 0.3) is 0 Å². The Bertz CT molecular complexity index is 512. The fraction of sp³-hybridized carbons (Fsp3) is 0.500. The summed E-state index contributed by atoms with van der Waals surface area (Å²) in [6.45, 7) is 2.40. The van der Waals surface area contributed by atoms with Crippen molar-refractivity contribution in [2.45, 2.75) is 24.8 Å². The van der Waals surface area contributed by atoms with Crippen molar-refractivity contribution < 1.29 is 9.59 Å². The zero-order valence-corrected chi connectivity index (χ0v) is 12.0. The van der Waals surface area contributed by atoms with Gasteiger partial charge in [0.15, 0.2) is 0 Å². The number of rotatable bonds is 2. The lowest BCUT2D eigenvalue weighted by molar-refractivity contribution is -0.137. The molecule has 2 saturated heterocycles. The third-order valence-electron chi connectivity index (χ3n) is 4.35. The molecule has 0 aliphatic carbocycles. The van der Waals surface area contributed by atoms with Crippen molar-refractivity contribution in [3.63, 3.8) is 0 Å². The second-order valence-electron chi connectivity index (χ2n) is 5.71. The van der Waals surface area contributed by atoms with Crippen molar-refractivity contribution >= 4 is 11.8 Å². The van der Waals surface area contributed by atoms with Crippen LogP contribution in [0, 0.1) is 0 Å². The Morgan fingerprint density at radius 3 is 2.48 bits per heavy atom. The SMILES string of the molecule is O=C1CN(C2CCNCC2)C(=O)[C@@H](c2ccccc2)CN1. The molecule has 3 rings (SSSR count). The van der Waals surface area contributed by atoms with Gasteiger partial charge in [-0.3, -0.25) is 9.59 Å². The normalized spacial score (nSPS) is 24.6. The molecule has 112 valence electrons. The molecule has 2 aliphatic heterocycles. The fourth-order valence-electron chi connectivity index (χ4n) is 3.17. The molecule has 2 heterocycles. The summed E-state index contributed by atoms with van der Waals surface area (Å²) in [5.41, 5.74) is 0.976. The van der Waals surface area contributed by atoms with Gasteiger partial charge in [-0.1, -0.05) is 30.3 Å². The van der Waals surface area contributed by atoms with Crippen LogP contribution >= 0.6 is 0 Å². The monoisotopic (exact) mass is 287 g/mol. The van der Waals surface area contributed by atoms with Gasteiger partial charge in [-0.15, -0.1) is 0 Å². The first-order chi connectivity index (χ1) is 10.3. The molecule has 0 saturated carbocycles. The topological polar surface area (TPSA) is 61.4 Å². The van der Waals surface area contributed by atoms with Gasteiger partial charge in [0.2, 0.25) is 11.8 Å². The Morgan fingerprint density at radius 2 is 1.76 bits per heavy atom. The molecule has 2 fully saturated rings. The standard InChI is InChI=1S/C16H21N3O2/c20-15-11-19(13-6-8-17-9-7-13)16(21)14(10-18-15)12-4-2-1-3-5-12/h1-5,13-14,17H,6-11H2,(H,18,20)/t14-/m1/s1. The lowest BCUT2D eigenvalue weighted by Crippen LogP contribution is -2.48. The van der Waals surface area contributed by atoms with E-state index in [0.29, 0.717) is 6.54 Å². The van der Waals surface area contributed by atoms with Gasteiger partial charge in [-0.2, -0.15) is 0 Å². The largest absolute Gasteiger partial charge is 0.353 e. The second-order valence-corrected chi connectivity index (χ2v) is 5.71. The number of nitrogens with zero attached hydrogens (tertiary/aromatic N) is 1. The summed E-state index contributed by atoms with van der Waals surface area (Å²) in [4.78, 5) is 26.6. The molecule has 0 unspecified atom stereocenters. The van der Waals surface area contributed by atoms with E-state index in [1.807, 2.05) is 30.3 Å². The zero-order valence-electron chi connectivity index (χ0n) is 12.0. The van der Waals surface area contributed by atoms with E-state index < -0.39 is 0 Å². The summed E-state index contributed by atoms with van der Waals surface area (Å²) in [7, 11) is 0.